The maximum absolute atomic E-state index is 12.3. The van der Waals surface area contributed by atoms with Gasteiger partial charge in [0, 0.05) is 17.9 Å². The molecule has 1 aliphatic rings. The molecule has 2 heterocycles. The zero-order valence-corrected chi connectivity index (χ0v) is 14.3. The Bertz CT molecular complexity index is 677. The zero-order chi connectivity index (χ0) is 15.5. The Hall–Kier alpha value is -1.85. The number of hydrogen-bond acceptors (Lipinski definition) is 3. The average Bonchev–Trinajstić information content (AvgIpc) is 2.87. The van der Waals surface area contributed by atoms with Gasteiger partial charge < -0.3 is 10.6 Å². The summed E-state index contributed by atoms with van der Waals surface area (Å²) in [6.07, 6.45) is 2.01. The second kappa shape index (κ2) is 7.62. The number of carbonyl (C=O) groups is 1. The predicted octanol–water partition coefficient (Wildman–Crippen LogP) is 2.85. The van der Waals surface area contributed by atoms with E-state index in [-0.39, 0.29) is 24.2 Å². The van der Waals surface area contributed by atoms with Gasteiger partial charge in [-0.15, -0.1) is 12.4 Å². The third-order valence-corrected chi connectivity index (χ3v) is 4.04. The summed E-state index contributed by atoms with van der Waals surface area (Å²) in [6.45, 7) is 5.78. The molecule has 1 aromatic carbocycles. The van der Waals surface area contributed by atoms with Crippen LogP contribution in [0.25, 0.3) is 5.69 Å². The van der Waals surface area contributed by atoms with E-state index >= 15 is 0 Å². The van der Waals surface area contributed by atoms with E-state index in [9.17, 15) is 4.79 Å². The third-order valence-electron chi connectivity index (χ3n) is 4.04. The molecule has 6 heteroatoms. The number of nitrogens with zero attached hydrogens (tertiary/aromatic N) is 2. The van der Waals surface area contributed by atoms with Gasteiger partial charge in [-0.1, -0.05) is 6.07 Å². The molecule has 1 amide bonds. The van der Waals surface area contributed by atoms with Gasteiger partial charge in [-0.05, 0) is 57.5 Å². The van der Waals surface area contributed by atoms with Gasteiger partial charge in [0.05, 0.1) is 17.3 Å². The van der Waals surface area contributed by atoms with Gasteiger partial charge in [0.25, 0.3) is 0 Å². The van der Waals surface area contributed by atoms with Gasteiger partial charge in [0.15, 0.2) is 0 Å². The van der Waals surface area contributed by atoms with E-state index < -0.39 is 0 Å². The van der Waals surface area contributed by atoms with Crippen molar-refractivity contribution in [3.8, 4) is 5.69 Å². The molecule has 0 spiro atoms. The van der Waals surface area contributed by atoms with Crippen LogP contribution < -0.4 is 10.6 Å². The van der Waals surface area contributed by atoms with Crippen molar-refractivity contribution in [1.29, 1.82) is 0 Å². The minimum Gasteiger partial charge on any atom is -0.326 e. The number of amides is 1. The van der Waals surface area contributed by atoms with Crippen LogP contribution in [-0.4, -0.2) is 28.8 Å². The van der Waals surface area contributed by atoms with E-state index in [0.717, 1.165) is 48.7 Å². The number of aryl methyl sites for hydroxylation is 2. The molecule has 1 fully saturated rings. The highest BCUT2D eigenvalue weighted by molar-refractivity contribution is 5.93. The average molecular weight is 335 g/mol. The summed E-state index contributed by atoms with van der Waals surface area (Å²) in [4.78, 5) is 12.3. The number of rotatable bonds is 3. The molecule has 1 aromatic heterocycles. The fourth-order valence-electron chi connectivity index (χ4n) is 2.93. The molecule has 2 N–H and O–H groups in total. The summed E-state index contributed by atoms with van der Waals surface area (Å²) in [5, 5.41) is 10.8. The van der Waals surface area contributed by atoms with Crippen LogP contribution in [0.4, 0.5) is 5.69 Å². The Morgan fingerprint density at radius 1 is 1.35 bits per heavy atom. The first-order valence-electron chi connectivity index (χ1n) is 7.79. The third kappa shape index (κ3) is 4.12. The fraction of sp³-hybridized carbons (Fsp3) is 0.412. The predicted molar refractivity (Wildman–Crippen MR) is 94.5 cm³/mol. The monoisotopic (exact) mass is 334 g/mol. The lowest BCUT2D eigenvalue weighted by molar-refractivity contribution is -0.120. The maximum Gasteiger partial charge on any atom is 0.228 e. The van der Waals surface area contributed by atoms with E-state index in [1.54, 1.807) is 0 Å². The van der Waals surface area contributed by atoms with Crippen LogP contribution in [0.2, 0.25) is 0 Å². The number of hydrogen-bond donors (Lipinski definition) is 2. The van der Waals surface area contributed by atoms with E-state index in [1.165, 1.54) is 0 Å². The molecule has 23 heavy (non-hydrogen) atoms. The second-order valence-electron chi connectivity index (χ2n) is 5.92. The van der Waals surface area contributed by atoms with E-state index in [0.29, 0.717) is 0 Å². The summed E-state index contributed by atoms with van der Waals surface area (Å²) >= 11 is 0. The lowest BCUT2D eigenvalue weighted by Crippen LogP contribution is -2.37. The first-order valence-corrected chi connectivity index (χ1v) is 7.79. The topological polar surface area (TPSA) is 59.0 Å². The van der Waals surface area contributed by atoms with Crippen LogP contribution in [0.5, 0.6) is 0 Å². The Kier molecular flexibility index (Phi) is 5.80. The largest absolute Gasteiger partial charge is 0.326 e. The molecule has 0 saturated carbocycles. The van der Waals surface area contributed by atoms with Crippen LogP contribution in [0, 0.1) is 19.8 Å². The number of piperidine rings is 1. The van der Waals surface area contributed by atoms with Crippen molar-refractivity contribution in [3.05, 3.63) is 41.7 Å². The molecule has 1 unspecified atom stereocenters. The summed E-state index contributed by atoms with van der Waals surface area (Å²) in [6, 6.07) is 9.87. The summed E-state index contributed by atoms with van der Waals surface area (Å²) in [5.74, 6) is 0.156. The molecule has 0 aliphatic carbocycles. The van der Waals surface area contributed by atoms with Gasteiger partial charge in [0.1, 0.15) is 0 Å². The number of nitrogens with one attached hydrogen (secondary N) is 2. The highest BCUT2D eigenvalue weighted by Crippen LogP contribution is 2.18. The van der Waals surface area contributed by atoms with Crippen molar-refractivity contribution in [3.63, 3.8) is 0 Å². The molecular formula is C17H23ClN4O. The molecule has 1 saturated heterocycles. The minimum absolute atomic E-state index is 0. The van der Waals surface area contributed by atoms with Gasteiger partial charge >= 0.3 is 0 Å². The Labute approximate surface area is 142 Å². The van der Waals surface area contributed by atoms with Crippen molar-refractivity contribution < 1.29 is 4.79 Å². The lowest BCUT2D eigenvalue weighted by Gasteiger charge is -2.22. The molecule has 124 valence electrons. The number of halogens is 1. The number of anilines is 1. The molecule has 1 atom stereocenters. The van der Waals surface area contributed by atoms with Crippen LogP contribution in [0.3, 0.4) is 0 Å². The van der Waals surface area contributed by atoms with Gasteiger partial charge in [0.2, 0.25) is 5.91 Å². The first-order chi connectivity index (χ1) is 10.6. The lowest BCUT2D eigenvalue weighted by atomic mass is 9.99. The van der Waals surface area contributed by atoms with Crippen molar-refractivity contribution in [1.82, 2.24) is 15.1 Å². The summed E-state index contributed by atoms with van der Waals surface area (Å²) < 4.78 is 1.90. The summed E-state index contributed by atoms with van der Waals surface area (Å²) in [7, 11) is 0. The minimum atomic E-state index is 0. The number of benzene rings is 1. The standard InChI is InChI=1S/C17H22N4O.ClH/c1-12-9-13(2)21(20-12)16-7-3-6-15(10-16)19-17(22)14-5-4-8-18-11-14;/h3,6-7,9-10,14,18H,4-5,8,11H2,1-2H3,(H,19,22);1H. The molecule has 5 nitrogen and oxygen atoms in total. The molecule has 0 radical (unpaired) electrons. The Morgan fingerprint density at radius 2 is 2.17 bits per heavy atom. The molecule has 0 bridgehead atoms. The fourth-order valence-corrected chi connectivity index (χ4v) is 2.93. The highest BCUT2D eigenvalue weighted by Gasteiger charge is 2.20. The maximum atomic E-state index is 12.3. The first kappa shape index (κ1) is 17.5. The molecule has 1 aliphatic heterocycles. The van der Waals surface area contributed by atoms with Gasteiger partial charge in [-0.25, -0.2) is 4.68 Å². The molecule has 2 aromatic rings. The van der Waals surface area contributed by atoms with Crippen LogP contribution in [0.15, 0.2) is 30.3 Å². The van der Waals surface area contributed by atoms with Gasteiger partial charge in [-0.3, -0.25) is 4.79 Å². The van der Waals surface area contributed by atoms with Gasteiger partial charge in [-0.2, -0.15) is 5.10 Å². The SMILES string of the molecule is Cc1cc(C)n(-c2cccc(NC(=O)C3CCCNC3)c2)n1.Cl. The van der Waals surface area contributed by atoms with E-state index in [1.807, 2.05) is 48.9 Å². The van der Waals surface area contributed by atoms with Crippen molar-refractivity contribution in [2.24, 2.45) is 5.92 Å². The summed E-state index contributed by atoms with van der Waals surface area (Å²) in [5.41, 5.74) is 3.85. The van der Waals surface area contributed by atoms with Crippen molar-refractivity contribution in [2.75, 3.05) is 18.4 Å². The Morgan fingerprint density at radius 3 is 2.83 bits per heavy atom. The molecular weight excluding hydrogens is 312 g/mol. The Balaban J connectivity index is 0.00000192. The van der Waals surface area contributed by atoms with Crippen LogP contribution in [0.1, 0.15) is 24.2 Å². The van der Waals surface area contributed by atoms with E-state index in [4.69, 9.17) is 0 Å². The van der Waals surface area contributed by atoms with E-state index in [2.05, 4.69) is 15.7 Å². The van der Waals surface area contributed by atoms with Crippen LogP contribution >= 0.6 is 12.4 Å². The van der Waals surface area contributed by atoms with Crippen molar-refractivity contribution >= 4 is 24.0 Å². The smallest absolute Gasteiger partial charge is 0.228 e. The number of aromatic nitrogens is 2. The highest BCUT2D eigenvalue weighted by atomic mass is 35.5. The zero-order valence-electron chi connectivity index (χ0n) is 13.5. The normalized spacial score (nSPS) is 17.4. The van der Waals surface area contributed by atoms with Crippen LogP contribution in [-0.2, 0) is 4.79 Å². The second-order valence-corrected chi connectivity index (χ2v) is 5.92. The quantitative estimate of drug-likeness (QED) is 0.907. The molecule has 3 rings (SSSR count). The number of carbonyl (C=O) groups excluding carboxylic acids is 1. The van der Waals surface area contributed by atoms with Crippen molar-refractivity contribution in [2.45, 2.75) is 26.7 Å².